The maximum atomic E-state index is 15.5. The number of fused-ring (bicyclic) bond motifs is 2. The summed E-state index contributed by atoms with van der Waals surface area (Å²) in [7, 11) is 0. The van der Waals surface area contributed by atoms with E-state index in [1.54, 1.807) is 35.4 Å². The standard InChI is InChI=1S/C32H30F2N6O2/c1-32(16-41)21(28-20-15-24(23-8-4-10-26(34)36-23)37-29(20)39-31(35)38-28)7-3-9-25(32)40-12-11-18-13-19(17-5-2-6-17)14-22(33)27(18)30(40)42/h3-4,7-15,17,25,30,41-42H,2,5-6,16H2,1H3,(H3,35,37,38,39)/t25?,30?,32-/m0/s1. The van der Waals surface area contributed by atoms with Crippen LogP contribution in [0, 0.1) is 17.2 Å². The second-order valence-corrected chi connectivity index (χ2v) is 11.5. The second kappa shape index (κ2) is 9.85. The molecular formula is C32H30F2N6O2. The highest BCUT2D eigenvalue weighted by molar-refractivity contribution is 5.94. The van der Waals surface area contributed by atoms with E-state index in [2.05, 4.69) is 19.9 Å². The Kier molecular flexibility index (Phi) is 6.21. The molecule has 0 bridgehead atoms. The quantitative estimate of drug-likeness (QED) is 0.236. The highest BCUT2D eigenvalue weighted by Crippen LogP contribution is 2.48. The van der Waals surface area contributed by atoms with Gasteiger partial charge in [-0.15, -0.1) is 0 Å². The van der Waals surface area contributed by atoms with E-state index in [0.29, 0.717) is 45.2 Å². The Bertz CT molecular complexity index is 1810. The summed E-state index contributed by atoms with van der Waals surface area (Å²) >= 11 is 0. The zero-order chi connectivity index (χ0) is 29.2. The van der Waals surface area contributed by atoms with Crippen molar-refractivity contribution in [1.29, 1.82) is 0 Å². The number of aliphatic hydroxyl groups excluding tert-OH is 2. The first kappa shape index (κ1) is 26.5. The Morgan fingerprint density at radius 3 is 2.71 bits per heavy atom. The van der Waals surface area contributed by atoms with Crippen molar-refractivity contribution in [2.45, 2.75) is 44.4 Å². The SMILES string of the molecule is C[C@]1(CO)C(c2nc(N)nc3[nH]c(-c4cccc(F)n4)cc23)=CC=CC1N1C=Cc2cc(C3CCC3)cc(F)c2C1O. The van der Waals surface area contributed by atoms with Crippen molar-refractivity contribution in [2.75, 3.05) is 12.3 Å². The van der Waals surface area contributed by atoms with Crippen LogP contribution in [-0.4, -0.2) is 47.7 Å². The predicted octanol–water partition coefficient (Wildman–Crippen LogP) is 5.45. The molecule has 3 aromatic heterocycles. The molecule has 7 rings (SSSR count). The third-order valence-corrected chi connectivity index (χ3v) is 8.95. The molecule has 42 heavy (non-hydrogen) atoms. The number of hydrogen-bond donors (Lipinski definition) is 4. The van der Waals surface area contributed by atoms with Gasteiger partial charge in [0, 0.05) is 22.6 Å². The number of rotatable bonds is 5. The number of pyridine rings is 1. The van der Waals surface area contributed by atoms with Gasteiger partial charge >= 0.3 is 0 Å². The molecule has 3 aliphatic rings. The summed E-state index contributed by atoms with van der Waals surface area (Å²) < 4.78 is 29.3. The third-order valence-electron chi connectivity index (χ3n) is 8.95. The number of nitrogen functional groups attached to an aromatic ring is 1. The minimum Gasteiger partial charge on any atom is -0.395 e. The molecule has 1 fully saturated rings. The van der Waals surface area contributed by atoms with Gasteiger partial charge in [-0.1, -0.05) is 43.7 Å². The molecular weight excluding hydrogens is 538 g/mol. The van der Waals surface area contributed by atoms with Crippen LogP contribution in [0.4, 0.5) is 14.7 Å². The Balaban J connectivity index is 1.28. The van der Waals surface area contributed by atoms with Crippen molar-refractivity contribution in [2.24, 2.45) is 5.41 Å². The molecule has 10 heteroatoms. The summed E-state index contributed by atoms with van der Waals surface area (Å²) in [4.78, 5) is 17.7. The van der Waals surface area contributed by atoms with Crippen molar-refractivity contribution < 1.29 is 19.0 Å². The summed E-state index contributed by atoms with van der Waals surface area (Å²) in [5.41, 5.74) is 9.46. The molecule has 5 N–H and O–H groups in total. The van der Waals surface area contributed by atoms with E-state index in [1.807, 2.05) is 37.3 Å². The lowest BCUT2D eigenvalue weighted by Crippen LogP contribution is -2.49. The molecule has 4 heterocycles. The molecule has 1 aliphatic heterocycles. The summed E-state index contributed by atoms with van der Waals surface area (Å²) in [6, 6.07) is 9.25. The van der Waals surface area contributed by atoms with Crippen molar-refractivity contribution >= 4 is 28.6 Å². The van der Waals surface area contributed by atoms with Gasteiger partial charge in [0.1, 0.15) is 11.5 Å². The van der Waals surface area contributed by atoms with Crippen LogP contribution in [0.15, 0.2) is 60.8 Å². The summed E-state index contributed by atoms with van der Waals surface area (Å²) in [5, 5.41) is 23.0. The van der Waals surface area contributed by atoms with Crippen LogP contribution in [0.25, 0.3) is 34.1 Å². The van der Waals surface area contributed by atoms with E-state index in [4.69, 9.17) is 5.73 Å². The molecule has 3 atom stereocenters. The van der Waals surface area contributed by atoms with Crippen LogP contribution in [-0.2, 0) is 0 Å². The number of H-pyrrole nitrogens is 1. The number of aromatic nitrogens is 4. The van der Waals surface area contributed by atoms with E-state index in [-0.39, 0.29) is 18.1 Å². The molecule has 214 valence electrons. The van der Waals surface area contributed by atoms with E-state index in [0.717, 1.165) is 24.8 Å². The van der Waals surface area contributed by atoms with Crippen LogP contribution in [0.1, 0.15) is 60.7 Å². The van der Waals surface area contributed by atoms with Gasteiger partial charge in [0.05, 0.1) is 29.7 Å². The number of aliphatic hydroxyl groups is 2. The second-order valence-electron chi connectivity index (χ2n) is 11.5. The molecule has 1 aromatic carbocycles. The van der Waals surface area contributed by atoms with Crippen molar-refractivity contribution in [3.05, 3.63) is 95.0 Å². The lowest BCUT2D eigenvalue weighted by molar-refractivity contribution is -0.0172. The molecule has 0 amide bonds. The van der Waals surface area contributed by atoms with Gasteiger partial charge in [0.15, 0.2) is 6.23 Å². The van der Waals surface area contributed by atoms with Gasteiger partial charge in [-0.3, -0.25) is 0 Å². The van der Waals surface area contributed by atoms with Crippen molar-refractivity contribution in [1.82, 2.24) is 24.8 Å². The first-order chi connectivity index (χ1) is 20.3. The Morgan fingerprint density at radius 2 is 1.98 bits per heavy atom. The highest BCUT2D eigenvalue weighted by atomic mass is 19.1. The average Bonchev–Trinajstić information content (AvgIpc) is 3.36. The third kappa shape index (κ3) is 4.13. The van der Waals surface area contributed by atoms with Gasteiger partial charge in [-0.05, 0) is 65.8 Å². The Morgan fingerprint density at radius 1 is 1.14 bits per heavy atom. The molecule has 2 unspecified atom stereocenters. The maximum absolute atomic E-state index is 15.5. The predicted molar refractivity (Wildman–Crippen MR) is 156 cm³/mol. The number of nitrogens with zero attached hydrogens (tertiary/aromatic N) is 4. The average molecular weight is 569 g/mol. The van der Waals surface area contributed by atoms with E-state index < -0.39 is 29.4 Å². The minimum atomic E-state index is -1.27. The van der Waals surface area contributed by atoms with Crippen LogP contribution in [0.3, 0.4) is 0 Å². The molecule has 4 aromatic rings. The van der Waals surface area contributed by atoms with Crippen LogP contribution >= 0.6 is 0 Å². The van der Waals surface area contributed by atoms with E-state index in [9.17, 15) is 14.6 Å². The minimum absolute atomic E-state index is 0.0153. The van der Waals surface area contributed by atoms with Crippen molar-refractivity contribution in [3.63, 3.8) is 0 Å². The Hall–Kier alpha value is -4.41. The molecule has 8 nitrogen and oxygen atoms in total. The number of allylic oxidation sites excluding steroid dienone is 2. The number of hydrogen-bond acceptors (Lipinski definition) is 7. The number of nitrogens with one attached hydrogen (secondary N) is 1. The normalized spacial score (nSPS) is 23.6. The first-order valence-corrected chi connectivity index (χ1v) is 14.0. The fourth-order valence-corrected chi connectivity index (χ4v) is 6.39. The van der Waals surface area contributed by atoms with E-state index in [1.165, 1.54) is 6.07 Å². The van der Waals surface area contributed by atoms with Gasteiger partial charge in [0.25, 0.3) is 0 Å². The maximum Gasteiger partial charge on any atom is 0.222 e. The number of aromatic amines is 1. The smallest absolute Gasteiger partial charge is 0.222 e. The van der Waals surface area contributed by atoms with Gasteiger partial charge < -0.3 is 25.8 Å². The van der Waals surface area contributed by atoms with Crippen LogP contribution < -0.4 is 5.73 Å². The fraction of sp³-hybridized carbons (Fsp3) is 0.281. The molecule has 0 radical (unpaired) electrons. The van der Waals surface area contributed by atoms with E-state index >= 15 is 4.39 Å². The molecule has 0 spiro atoms. The lowest BCUT2D eigenvalue weighted by atomic mass is 9.70. The molecule has 1 saturated carbocycles. The van der Waals surface area contributed by atoms with Gasteiger partial charge in [-0.25, -0.2) is 14.4 Å². The first-order valence-electron chi connectivity index (χ1n) is 14.0. The monoisotopic (exact) mass is 568 g/mol. The van der Waals surface area contributed by atoms with Crippen molar-refractivity contribution in [3.8, 4) is 11.4 Å². The molecule has 2 aliphatic carbocycles. The summed E-state index contributed by atoms with van der Waals surface area (Å²) in [6.45, 7) is 1.56. The van der Waals surface area contributed by atoms with Crippen LogP contribution in [0.2, 0.25) is 0 Å². The fourth-order valence-electron chi connectivity index (χ4n) is 6.39. The zero-order valence-electron chi connectivity index (χ0n) is 22.9. The number of anilines is 1. The van der Waals surface area contributed by atoms with Gasteiger partial charge in [0.2, 0.25) is 11.9 Å². The number of nitrogens with two attached hydrogens (primary N) is 1. The Labute approximate surface area is 241 Å². The van der Waals surface area contributed by atoms with Gasteiger partial charge in [-0.2, -0.15) is 9.37 Å². The lowest BCUT2D eigenvalue weighted by Gasteiger charge is -2.47. The van der Waals surface area contributed by atoms with Crippen LogP contribution in [0.5, 0.6) is 0 Å². The topological polar surface area (TPSA) is 124 Å². The summed E-state index contributed by atoms with van der Waals surface area (Å²) in [6.07, 6.45) is 11.1. The zero-order valence-corrected chi connectivity index (χ0v) is 22.9. The highest BCUT2D eigenvalue weighted by Gasteiger charge is 2.45. The summed E-state index contributed by atoms with van der Waals surface area (Å²) in [5.74, 6) is -0.670. The number of benzene rings is 1. The number of halogens is 2. The largest absolute Gasteiger partial charge is 0.395 e. The molecule has 0 saturated heterocycles.